The second-order valence-electron chi connectivity index (χ2n) is 3.12. The van der Waals surface area contributed by atoms with Crippen molar-refractivity contribution in [2.75, 3.05) is 0 Å². The molecule has 0 aromatic carbocycles. The van der Waals surface area contributed by atoms with Gasteiger partial charge in [-0.3, -0.25) is 0 Å². The highest BCUT2D eigenvalue weighted by molar-refractivity contribution is 4.94. The molecule has 0 saturated heterocycles. The van der Waals surface area contributed by atoms with Crippen LogP contribution in [0.4, 0.5) is 0 Å². The molecular formula is C6H11N3. The summed E-state index contributed by atoms with van der Waals surface area (Å²) in [5, 5.41) is 3.70. The van der Waals surface area contributed by atoms with Gasteiger partial charge in [0.2, 0.25) is 0 Å². The van der Waals surface area contributed by atoms with Gasteiger partial charge in [0.1, 0.15) is 0 Å². The fraction of sp³-hybridized carbons (Fsp3) is 1.00. The minimum Gasteiger partial charge on any atom is -0.0876 e. The third kappa shape index (κ3) is 1.36. The second-order valence-corrected chi connectivity index (χ2v) is 3.12. The van der Waals surface area contributed by atoms with E-state index < -0.39 is 0 Å². The minimum atomic E-state index is -0.130. The van der Waals surface area contributed by atoms with E-state index in [1.54, 1.807) is 0 Å². The Bertz CT molecular complexity index is 152. The molecule has 1 rings (SSSR count). The van der Waals surface area contributed by atoms with Gasteiger partial charge in [0, 0.05) is 10.5 Å². The van der Waals surface area contributed by atoms with Crippen LogP contribution in [0.1, 0.15) is 26.7 Å². The fourth-order valence-corrected chi connectivity index (χ4v) is 0.987. The monoisotopic (exact) mass is 125 g/mol. The zero-order chi connectivity index (χ0) is 6.91. The molecule has 50 valence electrons. The van der Waals surface area contributed by atoms with Crippen LogP contribution in [-0.4, -0.2) is 5.54 Å². The van der Waals surface area contributed by atoms with Gasteiger partial charge in [0.25, 0.3) is 0 Å². The Labute approximate surface area is 54.7 Å². The highest BCUT2D eigenvalue weighted by Gasteiger charge is 2.36. The summed E-state index contributed by atoms with van der Waals surface area (Å²) >= 11 is 0. The summed E-state index contributed by atoms with van der Waals surface area (Å²) in [5.41, 5.74) is 8.01. The van der Waals surface area contributed by atoms with Gasteiger partial charge < -0.3 is 0 Å². The Morgan fingerprint density at radius 1 is 1.56 bits per heavy atom. The highest BCUT2D eigenvalue weighted by atomic mass is 15.2. The second kappa shape index (κ2) is 1.92. The van der Waals surface area contributed by atoms with E-state index in [9.17, 15) is 0 Å². The van der Waals surface area contributed by atoms with Gasteiger partial charge in [-0.2, -0.15) is 0 Å². The molecule has 0 bridgehead atoms. The molecular weight excluding hydrogens is 114 g/mol. The first-order valence-corrected chi connectivity index (χ1v) is 3.23. The molecule has 0 aliphatic heterocycles. The van der Waals surface area contributed by atoms with Gasteiger partial charge in [-0.25, -0.2) is 0 Å². The van der Waals surface area contributed by atoms with E-state index in [0.29, 0.717) is 5.92 Å². The molecule has 0 unspecified atom stereocenters. The van der Waals surface area contributed by atoms with Crippen LogP contribution < -0.4 is 0 Å². The van der Waals surface area contributed by atoms with Crippen molar-refractivity contribution < 1.29 is 0 Å². The smallest absolute Gasteiger partial charge is 0.0460 e. The molecule has 0 atom stereocenters. The normalized spacial score (nSPS) is 18.9. The van der Waals surface area contributed by atoms with Crippen molar-refractivity contribution in [2.24, 2.45) is 11.0 Å². The van der Waals surface area contributed by atoms with Crippen LogP contribution in [-0.2, 0) is 0 Å². The summed E-state index contributed by atoms with van der Waals surface area (Å²) in [6.45, 7) is 3.98. The first-order chi connectivity index (χ1) is 4.17. The van der Waals surface area contributed by atoms with Gasteiger partial charge in [-0.1, -0.05) is 19.0 Å². The third-order valence-corrected chi connectivity index (χ3v) is 1.88. The molecule has 0 N–H and O–H groups in total. The van der Waals surface area contributed by atoms with Gasteiger partial charge >= 0.3 is 0 Å². The largest absolute Gasteiger partial charge is 0.0876 e. The summed E-state index contributed by atoms with van der Waals surface area (Å²) in [5.74, 6) is 0.647. The number of rotatable bonds is 2. The molecule has 3 heteroatoms. The first kappa shape index (κ1) is 6.43. The van der Waals surface area contributed by atoms with Crippen LogP contribution in [0.2, 0.25) is 0 Å². The summed E-state index contributed by atoms with van der Waals surface area (Å²) < 4.78 is 0. The molecule has 0 aromatic heterocycles. The molecule has 0 aromatic rings. The molecule has 3 nitrogen and oxygen atoms in total. The molecule has 1 aliphatic rings. The molecule has 9 heavy (non-hydrogen) atoms. The average Bonchev–Trinajstić information content (AvgIpc) is 2.41. The third-order valence-electron chi connectivity index (χ3n) is 1.88. The lowest BCUT2D eigenvalue weighted by atomic mass is 10.0. The maximum Gasteiger partial charge on any atom is 0.0460 e. The Kier molecular flexibility index (Phi) is 1.37. The van der Waals surface area contributed by atoms with E-state index in [1.165, 1.54) is 12.8 Å². The van der Waals surface area contributed by atoms with E-state index in [0.717, 1.165) is 0 Å². The van der Waals surface area contributed by atoms with E-state index >= 15 is 0 Å². The number of nitrogens with zero attached hydrogens (tertiary/aromatic N) is 3. The summed E-state index contributed by atoms with van der Waals surface area (Å²) in [6.07, 6.45) is 2.46. The lowest BCUT2D eigenvalue weighted by Gasteiger charge is -2.15. The molecule has 0 spiro atoms. The van der Waals surface area contributed by atoms with E-state index in [-0.39, 0.29) is 5.54 Å². The number of azide groups is 1. The Hall–Kier alpha value is -0.690. The van der Waals surface area contributed by atoms with Crippen molar-refractivity contribution in [3.8, 4) is 0 Å². The van der Waals surface area contributed by atoms with Crippen molar-refractivity contribution in [1.29, 1.82) is 0 Å². The van der Waals surface area contributed by atoms with E-state index in [2.05, 4.69) is 10.0 Å². The highest BCUT2D eigenvalue weighted by Crippen LogP contribution is 2.41. The van der Waals surface area contributed by atoms with Crippen LogP contribution in [0.3, 0.4) is 0 Å². The summed E-state index contributed by atoms with van der Waals surface area (Å²) in [4.78, 5) is 2.79. The summed E-state index contributed by atoms with van der Waals surface area (Å²) in [7, 11) is 0. The maximum absolute atomic E-state index is 8.14. The van der Waals surface area contributed by atoms with Gasteiger partial charge in [0.15, 0.2) is 0 Å². The van der Waals surface area contributed by atoms with Crippen LogP contribution >= 0.6 is 0 Å². The quantitative estimate of drug-likeness (QED) is 0.309. The van der Waals surface area contributed by atoms with Gasteiger partial charge in [-0.05, 0) is 24.3 Å². The lowest BCUT2D eigenvalue weighted by Crippen LogP contribution is -2.17. The van der Waals surface area contributed by atoms with Crippen LogP contribution in [0.15, 0.2) is 5.11 Å². The molecule has 1 fully saturated rings. The maximum atomic E-state index is 8.14. The van der Waals surface area contributed by atoms with Crippen molar-refractivity contribution >= 4 is 0 Å². The standard InChI is InChI=1S/C6H11N3/c1-6(2,8-9-7)5-3-4-5/h5H,3-4H2,1-2H3. The van der Waals surface area contributed by atoms with Crippen molar-refractivity contribution in [3.05, 3.63) is 10.4 Å². The Balaban J connectivity index is 2.58. The predicted molar refractivity (Wildman–Crippen MR) is 35.9 cm³/mol. The van der Waals surface area contributed by atoms with E-state index in [1.807, 2.05) is 13.8 Å². The molecule has 1 saturated carbocycles. The first-order valence-electron chi connectivity index (χ1n) is 3.23. The lowest BCUT2D eigenvalue weighted by molar-refractivity contribution is 0.450. The number of hydrogen-bond acceptors (Lipinski definition) is 1. The SMILES string of the molecule is CC(C)(N=[N+]=[N-])C1CC1. The molecule has 0 radical (unpaired) electrons. The van der Waals surface area contributed by atoms with Crippen LogP contribution in [0.25, 0.3) is 10.4 Å². The molecule has 0 amide bonds. The summed E-state index contributed by atoms with van der Waals surface area (Å²) in [6, 6.07) is 0. The van der Waals surface area contributed by atoms with Crippen molar-refractivity contribution in [3.63, 3.8) is 0 Å². The zero-order valence-corrected chi connectivity index (χ0v) is 5.83. The van der Waals surface area contributed by atoms with Gasteiger partial charge in [-0.15, -0.1) is 0 Å². The minimum absolute atomic E-state index is 0.130. The zero-order valence-electron chi connectivity index (χ0n) is 5.83. The van der Waals surface area contributed by atoms with Crippen molar-refractivity contribution in [1.82, 2.24) is 0 Å². The topological polar surface area (TPSA) is 48.8 Å². The fourth-order valence-electron chi connectivity index (χ4n) is 0.987. The van der Waals surface area contributed by atoms with Gasteiger partial charge in [0.05, 0.1) is 0 Å². The molecule has 1 aliphatic carbocycles. The van der Waals surface area contributed by atoms with Crippen molar-refractivity contribution in [2.45, 2.75) is 32.2 Å². The number of hydrogen-bond donors (Lipinski definition) is 0. The molecule has 0 heterocycles. The van der Waals surface area contributed by atoms with E-state index in [4.69, 9.17) is 5.53 Å². The average molecular weight is 125 g/mol. The van der Waals surface area contributed by atoms with Crippen LogP contribution in [0.5, 0.6) is 0 Å². The predicted octanol–water partition coefficient (Wildman–Crippen LogP) is 2.49. The Morgan fingerprint density at radius 2 is 2.11 bits per heavy atom. The van der Waals surface area contributed by atoms with Crippen LogP contribution in [0, 0.1) is 5.92 Å². The Morgan fingerprint density at radius 3 is 2.44 bits per heavy atom.